The molecule has 4 rings (SSSR count). The molecule has 0 fully saturated rings. The van der Waals surface area contributed by atoms with Crippen molar-refractivity contribution in [2.75, 3.05) is 0 Å². The minimum Gasteiger partial charge on any atom is -0.368 e. The molecule has 7 heteroatoms. The number of hydrogen-bond donors (Lipinski definition) is 1. The van der Waals surface area contributed by atoms with Crippen LogP contribution in [0.25, 0.3) is 17.1 Å². The van der Waals surface area contributed by atoms with E-state index in [9.17, 15) is 4.79 Å². The van der Waals surface area contributed by atoms with Crippen molar-refractivity contribution < 1.29 is 4.79 Å². The first-order valence-corrected chi connectivity index (χ1v) is 10.6. The quantitative estimate of drug-likeness (QED) is 0.422. The zero-order valence-electron chi connectivity index (χ0n) is 16.2. The predicted octanol–water partition coefficient (Wildman–Crippen LogP) is 5.21. The molecular weight excluding hydrogens is 416 g/mol. The highest BCUT2D eigenvalue weighted by atomic mass is 35.5. The SMILES string of the molecule is Cc1cccc(-n2c(SC(C(N)=O)c3ccccc3)nnc2-c2ccc(Cl)cc2)c1. The number of amides is 1. The number of aryl methyl sites for hydroxylation is 1. The van der Waals surface area contributed by atoms with E-state index in [1.165, 1.54) is 11.8 Å². The topological polar surface area (TPSA) is 73.8 Å². The number of nitrogens with zero attached hydrogens (tertiary/aromatic N) is 3. The van der Waals surface area contributed by atoms with Gasteiger partial charge in [-0.05, 0) is 54.4 Å². The largest absolute Gasteiger partial charge is 0.368 e. The van der Waals surface area contributed by atoms with Crippen LogP contribution in [0.1, 0.15) is 16.4 Å². The summed E-state index contributed by atoms with van der Waals surface area (Å²) in [4.78, 5) is 12.2. The van der Waals surface area contributed by atoms with E-state index >= 15 is 0 Å². The maximum atomic E-state index is 12.2. The molecule has 5 nitrogen and oxygen atoms in total. The molecule has 30 heavy (non-hydrogen) atoms. The van der Waals surface area contributed by atoms with Gasteiger partial charge in [0.15, 0.2) is 11.0 Å². The molecule has 0 aliphatic rings. The maximum Gasteiger partial charge on any atom is 0.235 e. The number of carbonyl (C=O) groups excluding carboxylic acids is 1. The molecule has 1 aromatic heterocycles. The highest BCUT2D eigenvalue weighted by Gasteiger charge is 2.25. The van der Waals surface area contributed by atoms with Crippen molar-refractivity contribution in [2.24, 2.45) is 5.73 Å². The van der Waals surface area contributed by atoms with Crippen LogP contribution in [-0.4, -0.2) is 20.7 Å². The first kappa shape index (κ1) is 20.2. The van der Waals surface area contributed by atoms with Gasteiger partial charge in [-0.1, -0.05) is 65.8 Å². The minimum absolute atomic E-state index is 0.432. The van der Waals surface area contributed by atoms with Crippen molar-refractivity contribution in [3.63, 3.8) is 0 Å². The van der Waals surface area contributed by atoms with Crippen molar-refractivity contribution in [3.8, 4) is 17.1 Å². The molecular formula is C23H19ClN4OS. The number of halogens is 1. The summed E-state index contributed by atoms with van der Waals surface area (Å²) in [6.07, 6.45) is 0. The van der Waals surface area contributed by atoms with E-state index in [1.807, 2.05) is 84.3 Å². The van der Waals surface area contributed by atoms with Crippen LogP contribution in [0.3, 0.4) is 0 Å². The fourth-order valence-corrected chi connectivity index (χ4v) is 4.29. The van der Waals surface area contributed by atoms with Gasteiger partial charge in [0.1, 0.15) is 5.25 Å². The van der Waals surface area contributed by atoms with Gasteiger partial charge in [0, 0.05) is 16.3 Å². The molecule has 1 unspecified atom stereocenters. The average Bonchev–Trinajstić information content (AvgIpc) is 3.16. The lowest BCUT2D eigenvalue weighted by atomic mass is 10.1. The summed E-state index contributed by atoms with van der Waals surface area (Å²) in [5.41, 5.74) is 9.44. The second-order valence-corrected chi connectivity index (χ2v) is 8.31. The Labute approximate surface area is 183 Å². The third-order valence-electron chi connectivity index (χ3n) is 4.58. The van der Waals surface area contributed by atoms with Crippen LogP contribution < -0.4 is 5.73 Å². The molecule has 3 aromatic carbocycles. The van der Waals surface area contributed by atoms with Crippen molar-refractivity contribution in [2.45, 2.75) is 17.3 Å². The molecule has 0 saturated heterocycles. The summed E-state index contributed by atoms with van der Waals surface area (Å²) in [6.45, 7) is 2.03. The van der Waals surface area contributed by atoms with Crippen LogP contribution in [0, 0.1) is 6.92 Å². The fraction of sp³-hybridized carbons (Fsp3) is 0.0870. The standard InChI is InChI=1S/C23H19ClN4OS/c1-15-6-5-9-19(14-15)28-22(17-10-12-18(24)13-11-17)26-27-23(28)30-20(21(25)29)16-7-3-2-4-8-16/h2-14,20H,1H3,(H2,25,29). The van der Waals surface area contributed by atoms with Gasteiger partial charge in [-0.3, -0.25) is 9.36 Å². The van der Waals surface area contributed by atoms with Crippen LogP contribution in [-0.2, 0) is 4.79 Å². The highest BCUT2D eigenvalue weighted by Crippen LogP contribution is 2.37. The van der Waals surface area contributed by atoms with Crippen molar-refractivity contribution in [1.82, 2.24) is 14.8 Å². The van der Waals surface area contributed by atoms with Gasteiger partial charge in [0.2, 0.25) is 5.91 Å². The first-order valence-electron chi connectivity index (χ1n) is 9.32. The summed E-state index contributed by atoms with van der Waals surface area (Å²) in [7, 11) is 0. The van der Waals surface area contributed by atoms with Crippen LogP contribution >= 0.6 is 23.4 Å². The summed E-state index contributed by atoms with van der Waals surface area (Å²) in [5, 5.41) is 9.47. The Morgan fingerprint density at radius 3 is 2.40 bits per heavy atom. The van der Waals surface area contributed by atoms with E-state index in [0.717, 1.165) is 22.4 Å². The number of hydrogen-bond acceptors (Lipinski definition) is 4. The Balaban J connectivity index is 1.83. The number of aromatic nitrogens is 3. The van der Waals surface area contributed by atoms with Gasteiger partial charge in [0.25, 0.3) is 0 Å². The van der Waals surface area contributed by atoms with E-state index in [1.54, 1.807) is 0 Å². The van der Waals surface area contributed by atoms with Crippen LogP contribution in [0.2, 0.25) is 5.02 Å². The zero-order valence-corrected chi connectivity index (χ0v) is 17.8. The molecule has 0 aliphatic carbocycles. The fourth-order valence-electron chi connectivity index (χ4n) is 3.16. The van der Waals surface area contributed by atoms with Gasteiger partial charge < -0.3 is 5.73 Å². The van der Waals surface area contributed by atoms with Gasteiger partial charge in [-0.15, -0.1) is 10.2 Å². The van der Waals surface area contributed by atoms with Crippen molar-refractivity contribution >= 4 is 29.3 Å². The lowest BCUT2D eigenvalue weighted by Gasteiger charge is -2.15. The van der Waals surface area contributed by atoms with Gasteiger partial charge in [-0.2, -0.15) is 0 Å². The smallest absolute Gasteiger partial charge is 0.235 e. The van der Waals surface area contributed by atoms with Crippen molar-refractivity contribution in [1.29, 1.82) is 0 Å². The number of benzene rings is 3. The van der Waals surface area contributed by atoms with Crippen LogP contribution in [0.5, 0.6) is 0 Å². The summed E-state index contributed by atoms with van der Waals surface area (Å²) in [5.74, 6) is 0.231. The second-order valence-electron chi connectivity index (χ2n) is 6.80. The number of primary amides is 1. The molecule has 150 valence electrons. The highest BCUT2D eigenvalue weighted by molar-refractivity contribution is 8.00. The minimum atomic E-state index is -0.586. The van der Waals surface area contributed by atoms with E-state index in [2.05, 4.69) is 16.3 Å². The molecule has 0 spiro atoms. The molecule has 2 N–H and O–H groups in total. The first-order chi connectivity index (χ1) is 14.5. The second kappa shape index (κ2) is 8.73. The summed E-state index contributed by atoms with van der Waals surface area (Å²) >= 11 is 7.34. The number of thioether (sulfide) groups is 1. The van der Waals surface area contributed by atoms with Crippen LogP contribution in [0.4, 0.5) is 0 Å². The molecule has 0 bridgehead atoms. The Kier molecular flexibility index (Phi) is 5.88. The average molecular weight is 435 g/mol. The molecule has 1 amide bonds. The van der Waals surface area contributed by atoms with E-state index in [4.69, 9.17) is 17.3 Å². The molecule has 1 heterocycles. The third kappa shape index (κ3) is 4.25. The van der Waals surface area contributed by atoms with Gasteiger partial charge in [0.05, 0.1) is 0 Å². The van der Waals surface area contributed by atoms with E-state index in [0.29, 0.717) is 16.0 Å². The van der Waals surface area contributed by atoms with E-state index < -0.39 is 11.2 Å². The van der Waals surface area contributed by atoms with Crippen molar-refractivity contribution in [3.05, 3.63) is 95.0 Å². The summed E-state index contributed by atoms with van der Waals surface area (Å²) < 4.78 is 1.94. The Hall–Kier alpha value is -3.09. The zero-order chi connectivity index (χ0) is 21.1. The van der Waals surface area contributed by atoms with Gasteiger partial charge >= 0.3 is 0 Å². The molecule has 4 aromatic rings. The molecule has 1 atom stereocenters. The third-order valence-corrected chi connectivity index (χ3v) is 6.05. The Morgan fingerprint density at radius 1 is 1.00 bits per heavy atom. The maximum absolute atomic E-state index is 12.2. The monoisotopic (exact) mass is 434 g/mol. The lowest BCUT2D eigenvalue weighted by Crippen LogP contribution is -2.19. The number of nitrogens with two attached hydrogens (primary N) is 1. The molecule has 0 saturated carbocycles. The molecule has 0 aliphatic heterocycles. The van der Waals surface area contributed by atoms with E-state index in [-0.39, 0.29) is 0 Å². The van der Waals surface area contributed by atoms with Crippen LogP contribution in [0.15, 0.2) is 84.0 Å². The predicted molar refractivity (Wildman–Crippen MR) is 121 cm³/mol. The lowest BCUT2D eigenvalue weighted by molar-refractivity contribution is -0.117. The summed E-state index contributed by atoms with van der Waals surface area (Å²) in [6, 6.07) is 24.9. The number of carbonyl (C=O) groups is 1. The molecule has 0 radical (unpaired) electrons. The van der Waals surface area contributed by atoms with Gasteiger partial charge in [-0.25, -0.2) is 0 Å². The number of rotatable bonds is 6. The Bertz CT molecular complexity index is 1180. The Morgan fingerprint density at radius 2 is 1.73 bits per heavy atom. The normalized spacial score (nSPS) is 11.9.